The molecule has 0 spiro atoms. The fourth-order valence-corrected chi connectivity index (χ4v) is 3.44. The highest BCUT2D eigenvalue weighted by atomic mass is 16.5. The molecule has 1 aliphatic heterocycles. The molecule has 0 saturated carbocycles. The van der Waals surface area contributed by atoms with Crippen LogP contribution in [0.2, 0.25) is 0 Å². The lowest BCUT2D eigenvalue weighted by Gasteiger charge is -2.27. The number of benzene rings is 2. The summed E-state index contributed by atoms with van der Waals surface area (Å²) in [5.74, 6) is 1.44. The largest absolute Gasteiger partial charge is 0.497 e. The summed E-state index contributed by atoms with van der Waals surface area (Å²) in [5.41, 5.74) is 10.1. The summed E-state index contributed by atoms with van der Waals surface area (Å²) in [7, 11) is 1.67. The van der Waals surface area contributed by atoms with Crippen molar-refractivity contribution in [3.05, 3.63) is 75.7 Å². The van der Waals surface area contributed by atoms with Crippen molar-refractivity contribution in [1.29, 1.82) is 0 Å². The Morgan fingerprint density at radius 2 is 2.04 bits per heavy atom. The van der Waals surface area contributed by atoms with E-state index in [0.29, 0.717) is 24.5 Å². The van der Waals surface area contributed by atoms with Gasteiger partial charge in [-0.05, 0) is 48.4 Å². The van der Waals surface area contributed by atoms with E-state index in [9.17, 15) is 4.79 Å². The Morgan fingerprint density at radius 1 is 1.22 bits per heavy atom. The molecule has 27 heavy (non-hydrogen) atoms. The van der Waals surface area contributed by atoms with Gasteiger partial charge in [-0.3, -0.25) is 9.69 Å². The van der Waals surface area contributed by atoms with E-state index < -0.39 is 0 Å². The fourth-order valence-electron chi connectivity index (χ4n) is 3.44. The topological polar surface area (TPSA) is 84.2 Å². The Hall–Kier alpha value is -3.12. The Labute approximate surface area is 157 Å². The average molecular weight is 362 g/mol. The van der Waals surface area contributed by atoms with Gasteiger partial charge in [-0.1, -0.05) is 12.1 Å². The number of anilines is 1. The molecule has 2 aromatic carbocycles. The minimum absolute atomic E-state index is 0.0483. The van der Waals surface area contributed by atoms with Gasteiger partial charge in [-0.25, -0.2) is 4.98 Å². The number of nitrogens with two attached hydrogens (primary N) is 1. The number of ether oxygens (including phenoxy) is 1. The second kappa shape index (κ2) is 7.25. The van der Waals surface area contributed by atoms with E-state index in [1.165, 1.54) is 5.56 Å². The van der Waals surface area contributed by atoms with Gasteiger partial charge in [0.15, 0.2) is 0 Å². The van der Waals surface area contributed by atoms with Gasteiger partial charge < -0.3 is 15.5 Å². The standard InChI is InChI=1S/C21H22N4O2/c1-27-17-4-2-3-14(11-17)12-25-10-9-18-19(13-25)23-20(24-21(18)26)15-5-7-16(22)8-6-15/h2-8,11H,9-10,12-13,22H2,1H3,(H,23,24,26). The van der Waals surface area contributed by atoms with Gasteiger partial charge in [0, 0.05) is 36.4 Å². The van der Waals surface area contributed by atoms with Gasteiger partial charge in [0.2, 0.25) is 0 Å². The average Bonchev–Trinajstić information content (AvgIpc) is 2.68. The molecule has 0 atom stereocenters. The molecule has 2 heterocycles. The number of methoxy groups -OCH3 is 1. The normalized spacial score (nSPS) is 14.0. The van der Waals surface area contributed by atoms with E-state index in [-0.39, 0.29) is 5.56 Å². The number of aromatic nitrogens is 2. The van der Waals surface area contributed by atoms with Crippen LogP contribution in [0.4, 0.5) is 5.69 Å². The lowest BCUT2D eigenvalue weighted by Crippen LogP contribution is -2.35. The zero-order chi connectivity index (χ0) is 18.8. The van der Waals surface area contributed by atoms with Crippen LogP contribution in [-0.2, 0) is 19.5 Å². The Kier molecular flexibility index (Phi) is 4.64. The minimum atomic E-state index is -0.0483. The predicted molar refractivity (Wildman–Crippen MR) is 106 cm³/mol. The lowest BCUT2D eigenvalue weighted by atomic mass is 10.0. The molecule has 3 aromatic rings. The number of aromatic amines is 1. The summed E-state index contributed by atoms with van der Waals surface area (Å²) in [6.07, 6.45) is 0.698. The molecule has 6 nitrogen and oxygen atoms in total. The van der Waals surface area contributed by atoms with E-state index in [1.807, 2.05) is 42.5 Å². The zero-order valence-electron chi connectivity index (χ0n) is 15.2. The molecule has 0 unspecified atom stereocenters. The molecule has 138 valence electrons. The quantitative estimate of drug-likeness (QED) is 0.697. The summed E-state index contributed by atoms with van der Waals surface area (Å²) in [5, 5.41) is 0. The van der Waals surface area contributed by atoms with Gasteiger partial charge in [-0.15, -0.1) is 0 Å². The number of hydrogen-bond donors (Lipinski definition) is 2. The summed E-state index contributed by atoms with van der Waals surface area (Å²) in [4.78, 5) is 22.5. The zero-order valence-corrected chi connectivity index (χ0v) is 15.2. The SMILES string of the molecule is COc1cccc(CN2CCc3c(nc(-c4ccc(N)cc4)[nH]c3=O)C2)c1. The van der Waals surface area contributed by atoms with Crippen molar-refractivity contribution < 1.29 is 4.74 Å². The highest BCUT2D eigenvalue weighted by Crippen LogP contribution is 2.22. The first-order valence-electron chi connectivity index (χ1n) is 8.95. The van der Waals surface area contributed by atoms with E-state index in [0.717, 1.165) is 35.7 Å². The molecule has 0 radical (unpaired) electrons. The second-order valence-corrected chi connectivity index (χ2v) is 6.77. The predicted octanol–water partition coefficient (Wildman–Crippen LogP) is 2.59. The third-order valence-corrected chi connectivity index (χ3v) is 4.88. The molecule has 0 amide bonds. The molecule has 1 aromatic heterocycles. The van der Waals surface area contributed by atoms with Crippen molar-refractivity contribution in [2.45, 2.75) is 19.5 Å². The third-order valence-electron chi connectivity index (χ3n) is 4.88. The van der Waals surface area contributed by atoms with E-state index in [2.05, 4.69) is 16.0 Å². The van der Waals surface area contributed by atoms with Crippen molar-refractivity contribution in [3.8, 4) is 17.1 Å². The van der Waals surface area contributed by atoms with Gasteiger partial charge in [-0.2, -0.15) is 0 Å². The number of rotatable bonds is 4. The van der Waals surface area contributed by atoms with Gasteiger partial charge in [0.05, 0.1) is 12.8 Å². The number of hydrogen-bond acceptors (Lipinski definition) is 5. The Bertz CT molecular complexity index is 1010. The maximum absolute atomic E-state index is 12.5. The highest BCUT2D eigenvalue weighted by Gasteiger charge is 2.21. The number of fused-ring (bicyclic) bond motifs is 1. The smallest absolute Gasteiger partial charge is 0.254 e. The first kappa shape index (κ1) is 17.3. The van der Waals surface area contributed by atoms with Crippen LogP contribution in [0.15, 0.2) is 53.3 Å². The molecule has 1 aliphatic rings. The van der Waals surface area contributed by atoms with Crippen molar-refractivity contribution in [3.63, 3.8) is 0 Å². The summed E-state index contributed by atoms with van der Waals surface area (Å²) >= 11 is 0. The molecule has 4 rings (SSSR count). The van der Waals surface area contributed by atoms with Gasteiger partial charge in [0.1, 0.15) is 11.6 Å². The van der Waals surface area contributed by atoms with E-state index in [1.54, 1.807) is 7.11 Å². The first-order chi connectivity index (χ1) is 13.1. The highest BCUT2D eigenvalue weighted by molar-refractivity contribution is 5.58. The van der Waals surface area contributed by atoms with E-state index in [4.69, 9.17) is 15.5 Å². The first-order valence-corrected chi connectivity index (χ1v) is 8.95. The molecule has 0 aliphatic carbocycles. The van der Waals surface area contributed by atoms with Crippen LogP contribution in [0.25, 0.3) is 11.4 Å². The Morgan fingerprint density at radius 3 is 2.81 bits per heavy atom. The second-order valence-electron chi connectivity index (χ2n) is 6.77. The van der Waals surface area contributed by atoms with Crippen LogP contribution >= 0.6 is 0 Å². The molecule has 0 bridgehead atoms. The maximum Gasteiger partial charge on any atom is 0.254 e. The minimum Gasteiger partial charge on any atom is -0.497 e. The molecular formula is C21H22N4O2. The number of H-pyrrole nitrogens is 1. The van der Waals surface area contributed by atoms with Crippen molar-refractivity contribution >= 4 is 5.69 Å². The van der Waals surface area contributed by atoms with E-state index >= 15 is 0 Å². The van der Waals surface area contributed by atoms with Crippen molar-refractivity contribution in [2.24, 2.45) is 0 Å². The monoisotopic (exact) mass is 362 g/mol. The summed E-state index contributed by atoms with van der Waals surface area (Å²) in [6.45, 7) is 2.27. The van der Waals surface area contributed by atoms with Crippen molar-refractivity contribution in [2.75, 3.05) is 19.4 Å². The summed E-state index contributed by atoms with van der Waals surface area (Å²) in [6, 6.07) is 15.4. The molecule has 0 saturated heterocycles. The molecular weight excluding hydrogens is 340 g/mol. The summed E-state index contributed by atoms with van der Waals surface area (Å²) < 4.78 is 5.30. The van der Waals surface area contributed by atoms with Crippen LogP contribution in [0, 0.1) is 0 Å². The van der Waals surface area contributed by atoms with Gasteiger partial charge in [0.25, 0.3) is 5.56 Å². The molecule has 6 heteroatoms. The third kappa shape index (κ3) is 3.71. The fraction of sp³-hybridized carbons (Fsp3) is 0.238. The molecule has 3 N–H and O–H groups in total. The van der Waals surface area contributed by atoms with Crippen LogP contribution in [0.1, 0.15) is 16.8 Å². The number of nitrogen functional groups attached to an aromatic ring is 1. The van der Waals surface area contributed by atoms with Crippen molar-refractivity contribution in [1.82, 2.24) is 14.9 Å². The molecule has 0 fully saturated rings. The lowest BCUT2D eigenvalue weighted by molar-refractivity contribution is 0.240. The van der Waals surface area contributed by atoms with Crippen LogP contribution in [0.5, 0.6) is 5.75 Å². The Balaban J connectivity index is 1.59. The van der Waals surface area contributed by atoms with Gasteiger partial charge >= 0.3 is 0 Å². The van der Waals surface area contributed by atoms with Crippen LogP contribution in [0.3, 0.4) is 0 Å². The maximum atomic E-state index is 12.5. The van der Waals surface area contributed by atoms with Crippen LogP contribution < -0.4 is 16.0 Å². The number of nitrogens with zero attached hydrogens (tertiary/aromatic N) is 2. The van der Waals surface area contributed by atoms with Crippen LogP contribution in [-0.4, -0.2) is 28.5 Å². The number of nitrogens with one attached hydrogen (secondary N) is 1.